The van der Waals surface area contributed by atoms with Crippen LogP contribution in [0, 0.1) is 12.8 Å². The summed E-state index contributed by atoms with van der Waals surface area (Å²) in [6.07, 6.45) is 3.41. The van der Waals surface area contributed by atoms with Crippen LogP contribution in [0.4, 0.5) is 5.82 Å². The first-order valence-corrected chi connectivity index (χ1v) is 14.4. The molecule has 0 spiro atoms. The Hall–Kier alpha value is -3.33. The number of carbonyl (C=O) groups is 1. The molecule has 0 N–H and O–H groups in total. The van der Waals surface area contributed by atoms with E-state index >= 15 is 0 Å². The highest BCUT2D eigenvalue weighted by molar-refractivity contribution is 7.19. The Morgan fingerprint density at radius 2 is 1.84 bits per heavy atom. The van der Waals surface area contributed by atoms with Crippen LogP contribution in [-0.4, -0.2) is 56.7 Å². The summed E-state index contributed by atoms with van der Waals surface area (Å²) in [6.45, 7) is 11.0. The lowest BCUT2D eigenvalue weighted by atomic mass is 9.89. The van der Waals surface area contributed by atoms with Gasteiger partial charge >= 0.3 is 0 Å². The molecule has 6 rings (SSSR count). The molecule has 198 valence electrons. The molecule has 1 atom stereocenters. The summed E-state index contributed by atoms with van der Waals surface area (Å²) in [7, 11) is 0. The highest BCUT2D eigenvalue weighted by Crippen LogP contribution is 2.41. The van der Waals surface area contributed by atoms with E-state index in [9.17, 15) is 9.59 Å². The van der Waals surface area contributed by atoms with Crippen LogP contribution in [0.25, 0.3) is 21.0 Å². The van der Waals surface area contributed by atoms with E-state index in [1.54, 1.807) is 6.07 Å². The summed E-state index contributed by atoms with van der Waals surface area (Å²) in [5.41, 5.74) is 1.96. The maximum atomic E-state index is 13.2. The van der Waals surface area contributed by atoms with Gasteiger partial charge in [-0.05, 0) is 43.7 Å². The van der Waals surface area contributed by atoms with Gasteiger partial charge in [-0.25, -0.2) is 14.6 Å². The van der Waals surface area contributed by atoms with Crippen molar-refractivity contribution in [3.05, 3.63) is 56.6 Å². The van der Waals surface area contributed by atoms with Crippen molar-refractivity contribution in [2.24, 2.45) is 5.92 Å². The van der Waals surface area contributed by atoms with Crippen molar-refractivity contribution in [3.63, 3.8) is 0 Å². The lowest BCUT2D eigenvalue weighted by molar-refractivity contribution is -0.132. The number of thiophene rings is 1. The fraction of sp³-hybridized carbons (Fsp3) is 0.483. The van der Waals surface area contributed by atoms with Crippen LogP contribution >= 0.6 is 11.3 Å². The lowest BCUT2D eigenvalue weighted by Crippen LogP contribution is -2.50. The number of carbonyl (C=O) groups excluding carboxylic acids is 1. The fourth-order valence-corrected chi connectivity index (χ4v) is 7.12. The first kappa shape index (κ1) is 25.0. The Labute approximate surface area is 226 Å². The molecule has 1 aliphatic heterocycles. The van der Waals surface area contributed by atoms with Crippen LogP contribution in [0.15, 0.2) is 29.1 Å². The SMILES string of the molecule is Cc1nn(CC(=O)N2CCN(c3nc(C(C)C)nc4sc5c(c34)CC[C@H](C)C5)CC2)c(=O)c2ccccc12. The first-order chi connectivity index (χ1) is 18.3. The summed E-state index contributed by atoms with van der Waals surface area (Å²) in [4.78, 5) is 43.0. The van der Waals surface area contributed by atoms with Gasteiger partial charge < -0.3 is 9.80 Å². The molecule has 0 radical (unpaired) electrons. The van der Waals surface area contributed by atoms with Crippen LogP contribution in [0.3, 0.4) is 0 Å². The minimum Gasteiger partial charge on any atom is -0.352 e. The van der Waals surface area contributed by atoms with Crippen LogP contribution in [0.5, 0.6) is 0 Å². The van der Waals surface area contributed by atoms with E-state index in [0.717, 1.165) is 40.4 Å². The molecule has 3 aromatic heterocycles. The summed E-state index contributed by atoms with van der Waals surface area (Å²) in [5.74, 6) is 2.79. The molecule has 8 nitrogen and oxygen atoms in total. The Morgan fingerprint density at radius 1 is 1.11 bits per heavy atom. The van der Waals surface area contributed by atoms with Crippen LogP contribution in [-0.2, 0) is 24.2 Å². The van der Waals surface area contributed by atoms with E-state index in [1.165, 1.54) is 26.9 Å². The monoisotopic (exact) mass is 530 g/mol. The normalized spacial score (nSPS) is 18.0. The smallest absolute Gasteiger partial charge is 0.275 e. The van der Waals surface area contributed by atoms with Gasteiger partial charge in [0.25, 0.3) is 5.56 Å². The zero-order chi connectivity index (χ0) is 26.6. The molecular weight excluding hydrogens is 496 g/mol. The largest absolute Gasteiger partial charge is 0.352 e. The predicted octanol–water partition coefficient (Wildman–Crippen LogP) is 4.31. The van der Waals surface area contributed by atoms with Gasteiger partial charge in [-0.1, -0.05) is 39.0 Å². The average molecular weight is 531 g/mol. The number of hydrogen-bond acceptors (Lipinski definition) is 7. The van der Waals surface area contributed by atoms with Crippen LogP contribution < -0.4 is 10.5 Å². The average Bonchev–Trinajstić information content (AvgIpc) is 3.28. The van der Waals surface area contributed by atoms with Crippen molar-refractivity contribution in [2.45, 2.75) is 59.4 Å². The van der Waals surface area contributed by atoms with Crippen molar-refractivity contribution in [1.29, 1.82) is 0 Å². The minimum absolute atomic E-state index is 0.0457. The second-order valence-electron chi connectivity index (χ2n) is 11.1. The zero-order valence-electron chi connectivity index (χ0n) is 22.5. The standard InChI is InChI=1S/C29H34N6O2S/c1-17(2)26-30-27(25-22-10-9-18(3)15-23(22)38-28(25)31-26)34-13-11-33(12-14-34)24(36)16-35-29(37)21-8-6-5-7-20(21)19(4)32-35/h5-8,17-18H,9-16H2,1-4H3/t18-/m0/s1. The summed E-state index contributed by atoms with van der Waals surface area (Å²) >= 11 is 1.84. The van der Waals surface area contributed by atoms with E-state index < -0.39 is 0 Å². The summed E-state index contributed by atoms with van der Waals surface area (Å²) < 4.78 is 1.31. The highest BCUT2D eigenvalue weighted by atomic mass is 32.1. The van der Waals surface area contributed by atoms with Gasteiger partial charge in [0.05, 0.1) is 16.5 Å². The van der Waals surface area contributed by atoms with Gasteiger partial charge in [-0.2, -0.15) is 5.10 Å². The van der Waals surface area contributed by atoms with Crippen LogP contribution in [0.2, 0.25) is 0 Å². The van der Waals surface area contributed by atoms with Gasteiger partial charge in [0.1, 0.15) is 23.0 Å². The number of aromatic nitrogens is 4. The van der Waals surface area contributed by atoms with Crippen molar-refractivity contribution >= 4 is 44.1 Å². The Balaban J connectivity index is 1.23. The predicted molar refractivity (Wildman–Crippen MR) is 152 cm³/mol. The second kappa shape index (κ2) is 9.76. The second-order valence-corrected chi connectivity index (χ2v) is 12.1. The number of aryl methyl sites for hydroxylation is 2. The zero-order valence-corrected chi connectivity index (χ0v) is 23.3. The third-order valence-electron chi connectivity index (χ3n) is 7.94. The first-order valence-electron chi connectivity index (χ1n) is 13.6. The van der Waals surface area contributed by atoms with E-state index in [0.29, 0.717) is 37.5 Å². The number of fused-ring (bicyclic) bond motifs is 4. The van der Waals surface area contributed by atoms with Crippen molar-refractivity contribution < 1.29 is 4.79 Å². The Kier molecular flexibility index (Phi) is 6.42. The number of amides is 1. The third-order valence-corrected chi connectivity index (χ3v) is 9.09. The number of piperazine rings is 1. The topological polar surface area (TPSA) is 84.2 Å². The lowest BCUT2D eigenvalue weighted by Gasteiger charge is -2.36. The highest BCUT2D eigenvalue weighted by Gasteiger charge is 2.29. The summed E-state index contributed by atoms with van der Waals surface area (Å²) in [6, 6.07) is 7.43. The van der Waals surface area contributed by atoms with E-state index in [-0.39, 0.29) is 23.9 Å². The van der Waals surface area contributed by atoms with Gasteiger partial charge in [-0.15, -0.1) is 11.3 Å². The number of anilines is 1. The van der Waals surface area contributed by atoms with Crippen LogP contribution in [0.1, 0.15) is 55.1 Å². The molecule has 1 aliphatic carbocycles. The maximum absolute atomic E-state index is 13.2. The van der Waals surface area contributed by atoms with E-state index in [4.69, 9.17) is 9.97 Å². The van der Waals surface area contributed by atoms with Crippen molar-refractivity contribution in [3.8, 4) is 0 Å². The Morgan fingerprint density at radius 3 is 2.58 bits per heavy atom. The van der Waals surface area contributed by atoms with Gasteiger partial charge in [-0.3, -0.25) is 9.59 Å². The molecule has 0 unspecified atom stereocenters. The molecule has 9 heteroatoms. The van der Waals surface area contributed by atoms with Gasteiger partial charge in [0, 0.05) is 42.4 Å². The third kappa shape index (κ3) is 4.36. The van der Waals surface area contributed by atoms with Crippen molar-refractivity contribution in [2.75, 3.05) is 31.1 Å². The summed E-state index contributed by atoms with van der Waals surface area (Å²) in [5, 5.41) is 7.08. The van der Waals surface area contributed by atoms with E-state index in [1.807, 2.05) is 41.4 Å². The molecule has 38 heavy (non-hydrogen) atoms. The maximum Gasteiger partial charge on any atom is 0.275 e. The van der Waals surface area contributed by atoms with Gasteiger partial charge in [0.15, 0.2) is 0 Å². The molecule has 1 aromatic carbocycles. The minimum atomic E-state index is -0.223. The number of nitrogens with zero attached hydrogens (tertiary/aromatic N) is 6. The molecule has 0 bridgehead atoms. The molecule has 4 aromatic rings. The molecule has 4 heterocycles. The molecule has 0 saturated carbocycles. The molecule has 2 aliphatic rings. The quantitative estimate of drug-likeness (QED) is 0.391. The molecule has 1 saturated heterocycles. The molecule has 1 amide bonds. The molecular formula is C29H34N6O2S. The Bertz CT molecular complexity index is 1600. The van der Waals surface area contributed by atoms with E-state index in [2.05, 4.69) is 30.8 Å². The molecule has 1 fully saturated rings. The number of hydrogen-bond donors (Lipinski definition) is 0. The fourth-order valence-electron chi connectivity index (χ4n) is 5.73. The van der Waals surface area contributed by atoms with Crippen molar-refractivity contribution in [1.82, 2.24) is 24.6 Å². The number of benzene rings is 1. The van der Waals surface area contributed by atoms with Gasteiger partial charge in [0.2, 0.25) is 5.91 Å². The number of rotatable bonds is 4.